The third kappa shape index (κ3) is 2.26. The van der Waals surface area contributed by atoms with Crippen molar-refractivity contribution in [3.05, 3.63) is 23.3 Å². The van der Waals surface area contributed by atoms with Crippen LogP contribution in [0.1, 0.15) is 11.1 Å². The molecule has 1 aliphatic rings. The quantitative estimate of drug-likeness (QED) is 0.789. The van der Waals surface area contributed by atoms with Gasteiger partial charge in [-0.2, -0.15) is 0 Å². The molecule has 0 aromatic heterocycles. The lowest BCUT2D eigenvalue weighted by atomic mass is 10.1. The Morgan fingerprint density at radius 2 is 1.93 bits per heavy atom. The Kier molecular flexibility index (Phi) is 3.49. The lowest BCUT2D eigenvalue weighted by Crippen LogP contribution is -1.98. The molecule has 0 saturated heterocycles. The summed E-state index contributed by atoms with van der Waals surface area (Å²) in [6, 6.07) is 4.07. The van der Waals surface area contributed by atoms with Crippen LogP contribution in [0, 0.1) is 0 Å². The number of rotatable bonds is 4. The molecule has 0 amide bonds. The number of hydrogen-bond acceptors (Lipinski definition) is 3. The lowest BCUT2D eigenvalue weighted by molar-refractivity contribution is 0.174. The molecule has 0 radical (unpaired) electrons. The van der Waals surface area contributed by atoms with Gasteiger partial charge >= 0.3 is 0 Å². The van der Waals surface area contributed by atoms with Gasteiger partial charge in [-0.3, -0.25) is 0 Å². The minimum atomic E-state index is 0.324. The summed E-state index contributed by atoms with van der Waals surface area (Å²) in [5, 5.41) is 0.822. The van der Waals surface area contributed by atoms with Gasteiger partial charge in [0, 0.05) is 12.4 Å². The fourth-order valence-electron chi connectivity index (χ4n) is 1.60. The summed E-state index contributed by atoms with van der Waals surface area (Å²) in [5.41, 5.74) is 2.48. The topological polar surface area (TPSA) is 27.7 Å². The van der Waals surface area contributed by atoms with Gasteiger partial charge in [-0.25, -0.2) is 0 Å². The Morgan fingerprint density at radius 1 is 1.27 bits per heavy atom. The molecule has 3 nitrogen and oxygen atoms in total. The van der Waals surface area contributed by atoms with E-state index < -0.39 is 0 Å². The van der Waals surface area contributed by atoms with E-state index in [1.807, 2.05) is 12.1 Å². The van der Waals surface area contributed by atoms with E-state index in [4.69, 9.17) is 14.2 Å². The Bertz CT molecular complexity index is 352. The summed E-state index contributed by atoms with van der Waals surface area (Å²) in [7, 11) is 1.71. The van der Waals surface area contributed by atoms with Crippen LogP contribution in [-0.4, -0.2) is 20.5 Å². The maximum Gasteiger partial charge on any atom is 0.231 e. The minimum absolute atomic E-state index is 0.324. The molecule has 1 aliphatic heterocycles. The molecule has 4 heteroatoms. The molecule has 0 unspecified atom stereocenters. The van der Waals surface area contributed by atoms with Gasteiger partial charge in [-0.05, 0) is 29.7 Å². The second-order valence-electron chi connectivity index (χ2n) is 3.35. The first-order valence-corrected chi connectivity index (χ1v) is 5.93. The van der Waals surface area contributed by atoms with Crippen molar-refractivity contribution in [2.75, 3.05) is 20.5 Å². The molecule has 0 spiro atoms. The van der Waals surface area contributed by atoms with Crippen molar-refractivity contribution in [2.24, 2.45) is 0 Å². The van der Waals surface area contributed by atoms with Gasteiger partial charge in [-0.1, -0.05) is 15.9 Å². The average molecular weight is 273 g/mol. The number of benzene rings is 1. The zero-order chi connectivity index (χ0) is 10.7. The molecule has 1 aromatic rings. The summed E-state index contributed by atoms with van der Waals surface area (Å²) >= 11 is 3.47. The monoisotopic (exact) mass is 272 g/mol. The molecule has 0 bridgehead atoms. The number of methoxy groups -OCH3 is 1. The molecule has 15 heavy (non-hydrogen) atoms. The van der Waals surface area contributed by atoms with Gasteiger partial charge in [0.05, 0.1) is 6.61 Å². The molecule has 0 N–H and O–H groups in total. The van der Waals surface area contributed by atoms with Crippen molar-refractivity contribution in [3.63, 3.8) is 0 Å². The first-order valence-electron chi connectivity index (χ1n) is 4.81. The van der Waals surface area contributed by atoms with Crippen LogP contribution in [0.2, 0.25) is 0 Å². The Morgan fingerprint density at radius 3 is 2.53 bits per heavy atom. The second-order valence-corrected chi connectivity index (χ2v) is 3.91. The molecule has 2 rings (SSSR count). The number of alkyl halides is 1. The Labute approximate surface area is 97.5 Å². The zero-order valence-electron chi connectivity index (χ0n) is 8.59. The highest BCUT2D eigenvalue weighted by Gasteiger charge is 2.16. The highest BCUT2D eigenvalue weighted by molar-refractivity contribution is 9.08. The Balaban J connectivity index is 2.27. The lowest BCUT2D eigenvalue weighted by Gasteiger charge is -2.08. The van der Waals surface area contributed by atoms with Crippen LogP contribution in [0.4, 0.5) is 0 Å². The van der Waals surface area contributed by atoms with Crippen LogP contribution in [0.5, 0.6) is 11.5 Å². The first kappa shape index (κ1) is 10.8. The van der Waals surface area contributed by atoms with Gasteiger partial charge in [-0.15, -0.1) is 0 Å². The number of halogens is 1. The molecule has 0 fully saturated rings. The van der Waals surface area contributed by atoms with E-state index in [1.54, 1.807) is 7.11 Å². The van der Waals surface area contributed by atoms with Crippen molar-refractivity contribution < 1.29 is 14.2 Å². The predicted octanol–water partition coefficient (Wildman–Crippen LogP) is 2.50. The predicted molar refractivity (Wildman–Crippen MR) is 60.8 cm³/mol. The van der Waals surface area contributed by atoms with Gasteiger partial charge in [0.1, 0.15) is 0 Å². The molecule has 0 atom stereocenters. The van der Waals surface area contributed by atoms with E-state index in [1.165, 1.54) is 11.1 Å². The standard InChI is InChI=1S/C11H13BrO3/c1-13-3-2-8-4-10-11(15-7-14-10)5-9(8)6-12/h4-5H,2-3,6-7H2,1H3. The molecular weight excluding hydrogens is 260 g/mol. The average Bonchev–Trinajstić information content (AvgIpc) is 2.71. The third-order valence-corrected chi connectivity index (χ3v) is 3.02. The number of fused-ring (bicyclic) bond motifs is 1. The van der Waals surface area contributed by atoms with E-state index >= 15 is 0 Å². The zero-order valence-corrected chi connectivity index (χ0v) is 10.2. The summed E-state index contributed by atoms with van der Waals surface area (Å²) in [4.78, 5) is 0. The van der Waals surface area contributed by atoms with Crippen molar-refractivity contribution in [1.29, 1.82) is 0 Å². The molecule has 1 heterocycles. The molecule has 0 saturated carbocycles. The summed E-state index contributed by atoms with van der Waals surface area (Å²) in [6.45, 7) is 1.05. The van der Waals surface area contributed by atoms with Crippen molar-refractivity contribution in [3.8, 4) is 11.5 Å². The molecule has 1 aromatic carbocycles. The van der Waals surface area contributed by atoms with E-state index in [9.17, 15) is 0 Å². The van der Waals surface area contributed by atoms with Crippen molar-refractivity contribution in [2.45, 2.75) is 11.8 Å². The van der Waals surface area contributed by atoms with E-state index in [0.717, 1.165) is 29.9 Å². The smallest absolute Gasteiger partial charge is 0.231 e. The molecular formula is C11H13BrO3. The van der Waals surface area contributed by atoms with Gasteiger partial charge in [0.25, 0.3) is 0 Å². The van der Waals surface area contributed by atoms with Crippen LogP contribution in [-0.2, 0) is 16.5 Å². The van der Waals surface area contributed by atoms with Crippen LogP contribution < -0.4 is 9.47 Å². The summed E-state index contributed by atoms with van der Waals surface area (Å²) in [5.74, 6) is 1.68. The van der Waals surface area contributed by atoms with Gasteiger partial charge < -0.3 is 14.2 Å². The van der Waals surface area contributed by atoms with Crippen LogP contribution in [0.15, 0.2) is 12.1 Å². The van der Waals surface area contributed by atoms with Gasteiger partial charge in [0.2, 0.25) is 6.79 Å². The normalized spacial score (nSPS) is 13.2. The summed E-state index contributed by atoms with van der Waals surface area (Å²) in [6.07, 6.45) is 0.897. The fraction of sp³-hybridized carbons (Fsp3) is 0.455. The van der Waals surface area contributed by atoms with E-state index in [-0.39, 0.29) is 0 Å². The van der Waals surface area contributed by atoms with Crippen molar-refractivity contribution in [1.82, 2.24) is 0 Å². The SMILES string of the molecule is COCCc1cc2c(cc1CBr)OCO2. The fourth-order valence-corrected chi connectivity index (χ4v) is 2.12. The highest BCUT2D eigenvalue weighted by atomic mass is 79.9. The molecule has 0 aliphatic carbocycles. The number of ether oxygens (including phenoxy) is 3. The van der Waals surface area contributed by atoms with Crippen LogP contribution in [0.25, 0.3) is 0 Å². The largest absolute Gasteiger partial charge is 0.454 e. The third-order valence-electron chi connectivity index (χ3n) is 2.41. The van der Waals surface area contributed by atoms with Crippen LogP contribution >= 0.6 is 15.9 Å². The number of hydrogen-bond donors (Lipinski definition) is 0. The van der Waals surface area contributed by atoms with Gasteiger partial charge in [0.15, 0.2) is 11.5 Å². The highest BCUT2D eigenvalue weighted by Crippen LogP contribution is 2.35. The minimum Gasteiger partial charge on any atom is -0.454 e. The maximum atomic E-state index is 5.34. The summed E-state index contributed by atoms with van der Waals surface area (Å²) < 4.78 is 15.7. The van der Waals surface area contributed by atoms with Crippen LogP contribution in [0.3, 0.4) is 0 Å². The Hall–Kier alpha value is -0.740. The van der Waals surface area contributed by atoms with Crippen molar-refractivity contribution >= 4 is 15.9 Å². The van der Waals surface area contributed by atoms with E-state index in [2.05, 4.69) is 15.9 Å². The first-order chi connectivity index (χ1) is 7.35. The van der Waals surface area contributed by atoms with E-state index in [0.29, 0.717) is 6.79 Å². The maximum absolute atomic E-state index is 5.34. The molecule has 82 valence electrons. The second kappa shape index (κ2) is 4.86.